The van der Waals surface area contributed by atoms with Crippen molar-refractivity contribution in [1.82, 2.24) is 5.16 Å². The van der Waals surface area contributed by atoms with Crippen LogP contribution >= 0.6 is 11.6 Å². The fourth-order valence-corrected chi connectivity index (χ4v) is 3.32. The number of ether oxygens (including phenoxy) is 3. The zero-order valence-corrected chi connectivity index (χ0v) is 16.2. The van der Waals surface area contributed by atoms with Crippen LogP contribution in [0, 0.1) is 0 Å². The first-order valence-corrected chi connectivity index (χ1v) is 9.17. The van der Waals surface area contributed by atoms with Gasteiger partial charge in [0.05, 0.1) is 7.11 Å². The maximum absolute atomic E-state index is 12.4. The molecule has 0 N–H and O–H groups in total. The minimum absolute atomic E-state index is 0.0247. The van der Waals surface area contributed by atoms with Crippen LogP contribution in [-0.2, 0) is 17.8 Å². The highest BCUT2D eigenvalue weighted by Crippen LogP contribution is 2.33. The monoisotopic (exact) mass is 399 g/mol. The van der Waals surface area contributed by atoms with Gasteiger partial charge in [0.25, 0.3) is 0 Å². The maximum Gasteiger partial charge on any atom is 0.342 e. The molecule has 4 rings (SSSR count). The Morgan fingerprint density at radius 2 is 2.11 bits per heavy atom. The second-order valence-electron chi connectivity index (χ2n) is 6.56. The molecule has 144 valence electrons. The molecule has 2 aromatic carbocycles. The van der Waals surface area contributed by atoms with E-state index in [2.05, 4.69) is 5.16 Å². The molecule has 0 amide bonds. The minimum Gasteiger partial charge on any atom is -0.496 e. The molecule has 0 spiro atoms. The molecule has 0 radical (unpaired) electrons. The first-order chi connectivity index (χ1) is 13.5. The minimum atomic E-state index is -0.549. The third-order valence-corrected chi connectivity index (χ3v) is 4.71. The SMILES string of the molecule is COc1ccc(Cl)cc1C(=O)OCc1cc(-c2ccc3c(c2)CC(C)O3)on1. The highest BCUT2D eigenvalue weighted by molar-refractivity contribution is 6.31. The molecular weight excluding hydrogens is 382 g/mol. The van der Waals surface area contributed by atoms with Crippen molar-refractivity contribution in [3.63, 3.8) is 0 Å². The quantitative estimate of drug-likeness (QED) is 0.580. The van der Waals surface area contributed by atoms with Crippen LogP contribution in [0.25, 0.3) is 11.3 Å². The van der Waals surface area contributed by atoms with E-state index in [1.807, 2.05) is 25.1 Å². The summed E-state index contributed by atoms with van der Waals surface area (Å²) >= 11 is 5.96. The molecule has 1 aromatic heterocycles. The number of carbonyl (C=O) groups is 1. The maximum atomic E-state index is 12.4. The largest absolute Gasteiger partial charge is 0.496 e. The summed E-state index contributed by atoms with van der Waals surface area (Å²) in [5.74, 6) is 1.35. The second kappa shape index (κ2) is 7.56. The number of benzene rings is 2. The lowest BCUT2D eigenvalue weighted by atomic mass is 10.1. The number of hydrogen-bond donors (Lipinski definition) is 0. The van der Waals surface area contributed by atoms with Crippen LogP contribution in [0.5, 0.6) is 11.5 Å². The van der Waals surface area contributed by atoms with Crippen molar-refractivity contribution in [2.75, 3.05) is 7.11 Å². The van der Waals surface area contributed by atoms with Gasteiger partial charge in [0, 0.05) is 23.1 Å². The van der Waals surface area contributed by atoms with Gasteiger partial charge < -0.3 is 18.7 Å². The molecule has 0 saturated heterocycles. The summed E-state index contributed by atoms with van der Waals surface area (Å²) in [7, 11) is 1.48. The van der Waals surface area contributed by atoms with E-state index in [1.54, 1.807) is 18.2 Å². The third-order valence-electron chi connectivity index (χ3n) is 4.47. The van der Waals surface area contributed by atoms with E-state index in [-0.39, 0.29) is 18.3 Å². The number of aromatic nitrogens is 1. The highest BCUT2D eigenvalue weighted by Gasteiger charge is 2.20. The smallest absolute Gasteiger partial charge is 0.342 e. The summed E-state index contributed by atoms with van der Waals surface area (Å²) in [6.07, 6.45) is 1.04. The molecule has 0 fully saturated rings. The molecule has 1 aliphatic heterocycles. The number of hydrogen-bond acceptors (Lipinski definition) is 6. The Morgan fingerprint density at radius 1 is 1.25 bits per heavy atom. The van der Waals surface area contributed by atoms with Crippen LogP contribution in [0.1, 0.15) is 28.5 Å². The van der Waals surface area contributed by atoms with Crippen molar-refractivity contribution >= 4 is 17.6 Å². The van der Waals surface area contributed by atoms with Gasteiger partial charge in [0.1, 0.15) is 35.5 Å². The van der Waals surface area contributed by atoms with E-state index in [4.69, 9.17) is 30.3 Å². The molecule has 3 aromatic rings. The Labute approximate surface area is 167 Å². The van der Waals surface area contributed by atoms with E-state index >= 15 is 0 Å². The first kappa shape index (κ1) is 18.4. The lowest BCUT2D eigenvalue weighted by Gasteiger charge is -2.08. The van der Waals surface area contributed by atoms with Crippen molar-refractivity contribution in [2.24, 2.45) is 0 Å². The van der Waals surface area contributed by atoms with Gasteiger partial charge in [-0.25, -0.2) is 4.79 Å². The number of methoxy groups -OCH3 is 1. The van der Waals surface area contributed by atoms with Crippen LogP contribution in [0.4, 0.5) is 0 Å². The lowest BCUT2D eigenvalue weighted by molar-refractivity contribution is 0.0460. The molecule has 0 bridgehead atoms. The molecule has 6 nitrogen and oxygen atoms in total. The fraction of sp³-hybridized carbons (Fsp3) is 0.238. The summed E-state index contributed by atoms with van der Waals surface area (Å²) in [6, 6.07) is 12.4. The molecule has 0 aliphatic carbocycles. The number of halogens is 1. The Balaban J connectivity index is 1.45. The Kier molecular flexibility index (Phi) is 4.96. The summed E-state index contributed by atoms with van der Waals surface area (Å²) < 4.78 is 21.6. The van der Waals surface area contributed by atoms with Crippen LogP contribution in [0.15, 0.2) is 47.0 Å². The molecule has 1 aliphatic rings. The van der Waals surface area contributed by atoms with E-state index in [0.29, 0.717) is 22.2 Å². The predicted molar refractivity (Wildman–Crippen MR) is 103 cm³/mol. The van der Waals surface area contributed by atoms with Crippen LogP contribution in [0.2, 0.25) is 5.02 Å². The molecule has 1 atom stereocenters. The lowest BCUT2D eigenvalue weighted by Crippen LogP contribution is -2.07. The zero-order chi connectivity index (χ0) is 19.7. The van der Waals surface area contributed by atoms with Gasteiger partial charge in [-0.05, 0) is 48.9 Å². The molecule has 0 saturated carbocycles. The number of carbonyl (C=O) groups excluding carboxylic acids is 1. The normalized spacial score (nSPS) is 15.0. The summed E-state index contributed by atoms with van der Waals surface area (Å²) in [5, 5.41) is 4.41. The topological polar surface area (TPSA) is 70.8 Å². The van der Waals surface area contributed by atoms with Gasteiger partial charge in [0.15, 0.2) is 5.76 Å². The van der Waals surface area contributed by atoms with Crippen molar-refractivity contribution in [3.05, 3.63) is 64.3 Å². The Hall–Kier alpha value is -2.99. The first-order valence-electron chi connectivity index (χ1n) is 8.79. The molecule has 7 heteroatoms. The van der Waals surface area contributed by atoms with E-state index in [0.717, 1.165) is 23.3 Å². The molecule has 28 heavy (non-hydrogen) atoms. The zero-order valence-electron chi connectivity index (χ0n) is 15.4. The van der Waals surface area contributed by atoms with Crippen LogP contribution < -0.4 is 9.47 Å². The fourth-order valence-electron chi connectivity index (χ4n) is 3.15. The van der Waals surface area contributed by atoms with Gasteiger partial charge in [0.2, 0.25) is 0 Å². The highest BCUT2D eigenvalue weighted by atomic mass is 35.5. The van der Waals surface area contributed by atoms with Crippen molar-refractivity contribution < 1.29 is 23.5 Å². The van der Waals surface area contributed by atoms with E-state index in [9.17, 15) is 4.79 Å². The average molecular weight is 400 g/mol. The molecular formula is C21H18ClNO5. The molecule has 1 unspecified atom stereocenters. The van der Waals surface area contributed by atoms with Crippen molar-refractivity contribution in [1.29, 1.82) is 0 Å². The summed E-state index contributed by atoms with van der Waals surface area (Å²) in [4.78, 5) is 12.4. The van der Waals surface area contributed by atoms with E-state index in [1.165, 1.54) is 13.2 Å². The molecule has 2 heterocycles. The van der Waals surface area contributed by atoms with Gasteiger partial charge in [-0.2, -0.15) is 0 Å². The van der Waals surface area contributed by atoms with Gasteiger partial charge in [-0.3, -0.25) is 0 Å². The predicted octanol–water partition coefficient (Wildman–Crippen LogP) is 4.68. The average Bonchev–Trinajstić information content (AvgIpc) is 3.30. The van der Waals surface area contributed by atoms with Gasteiger partial charge in [-0.1, -0.05) is 16.8 Å². The third kappa shape index (κ3) is 3.68. The number of esters is 1. The van der Waals surface area contributed by atoms with E-state index < -0.39 is 5.97 Å². The Bertz CT molecular complexity index is 1030. The Morgan fingerprint density at radius 3 is 2.93 bits per heavy atom. The van der Waals surface area contributed by atoms with Crippen LogP contribution in [0.3, 0.4) is 0 Å². The van der Waals surface area contributed by atoms with Crippen molar-refractivity contribution in [3.8, 4) is 22.8 Å². The number of fused-ring (bicyclic) bond motifs is 1. The standard InChI is InChI=1S/C21H18ClNO5/c1-12-7-14-8-13(3-5-18(14)27-12)20-10-16(23-28-20)11-26-21(24)17-9-15(22)4-6-19(17)25-2/h3-6,8-10,12H,7,11H2,1-2H3. The van der Waals surface area contributed by atoms with Crippen LogP contribution in [-0.4, -0.2) is 24.3 Å². The number of nitrogens with zero attached hydrogens (tertiary/aromatic N) is 1. The summed E-state index contributed by atoms with van der Waals surface area (Å²) in [6.45, 7) is 2.01. The summed E-state index contributed by atoms with van der Waals surface area (Å²) in [5.41, 5.74) is 2.81. The van der Waals surface area contributed by atoms with Gasteiger partial charge >= 0.3 is 5.97 Å². The van der Waals surface area contributed by atoms with Crippen molar-refractivity contribution in [2.45, 2.75) is 26.1 Å². The number of rotatable bonds is 5. The second-order valence-corrected chi connectivity index (χ2v) is 6.99. The van der Waals surface area contributed by atoms with Gasteiger partial charge in [-0.15, -0.1) is 0 Å².